The van der Waals surface area contributed by atoms with Crippen molar-refractivity contribution in [2.24, 2.45) is 0 Å². The summed E-state index contributed by atoms with van der Waals surface area (Å²) in [5, 5.41) is 2.64. The standard InChI is InChI=1S/C25H25ClN2O7S/c1-4-33-20-10-16(11-21-24(31)28(25(32)36-21)13-23(30)35-15(2)3)8-9-19(20)34-14-22(29)27-18-7-5-6-17(26)12-18/h5-12,15H,4,13-14H2,1-3H3,(H,27,29)/b21-11-. The zero-order chi connectivity index (χ0) is 26.2. The normalized spacial score (nSPS) is 14.4. The number of anilines is 1. The Kier molecular flexibility index (Phi) is 9.38. The van der Waals surface area contributed by atoms with Crippen LogP contribution in [0.4, 0.5) is 10.5 Å². The fourth-order valence-electron chi connectivity index (χ4n) is 3.13. The Bertz CT molecular complexity index is 1200. The molecule has 2 aromatic carbocycles. The topological polar surface area (TPSA) is 111 Å². The van der Waals surface area contributed by atoms with Crippen LogP contribution in [0.2, 0.25) is 5.02 Å². The molecule has 2 aromatic rings. The van der Waals surface area contributed by atoms with E-state index in [9.17, 15) is 19.2 Å². The molecule has 3 rings (SSSR count). The summed E-state index contributed by atoms with van der Waals surface area (Å²) < 4.78 is 16.3. The smallest absolute Gasteiger partial charge is 0.326 e. The summed E-state index contributed by atoms with van der Waals surface area (Å²) in [6.07, 6.45) is 1.17. The SMILES string of the molecule is CCOc1cc(/C=C2\SC(=O)N(CC(=O)OC(C)C)C2=O)ccc1OCC(=O)Nc1cccc(Cl)c1. The number of hydrogen-bond acceptors (Lipinski definition) is 8. The Morgan fingerprint density at radius 1 is 1.11 bits per heavy atom. The van der Waals surface area contributed by atoms with Gasteiger partial charge in [0.15, 0.2) is 18.1 Å². The Morgan fingerprint density at radius 2 is 1.89 bits per heavy atom. The first kappa shape index (κ1) is 27.1. The fraction of sp³-hybridized carbons (Fsp3) is 0.280. The molecular formula is C25H25ClN2O7S. The van der Waals surface area contributed by atoms with Gasteiger partial charge in [-0.3, -0.25) is 24.1 Å². The number of thioether (sulfide) groups is 1. The number of rotatable bonds is 10. The third-order valence-corrected chi connectivity index (χ3v) is 5.70. The highest BCUT2D eigenvalue weighted by atomic mass is 35.5. The lowest BCUT2D eigenvalue weighted by molar-refractivity contribution is -0.149. The molecule has 0 aliphatic carbocycles. The maximum Gasteiger partial charge on any atom is 0.326 e. The van der Waals surface area contributed by atoms with Crippen LogP contribution in [-0.4, -0.2) is 53.8 Å². The van der Waals surface area contributed by atoms with E-state index in [0.29, 0.717) is 34.4 Å². The molecule has 0 radical (unpaired) electrons. The molecule has 0 saturated carbocycles. The molecule has 1 heterocycles. The molecule has 0 atom stereocenters. The fourth-order valence-corrected chi connectivity index (χ4v) is 4.15. The van der Waals surface area contributed by atoms with Crippen LogP contribution in [0.1, 0.15) is 26.3 Å². The van der Waals surface area contributed by atoms with Gasteiger partial charge in [0.05, 0.1) is 17.6 Å². The van der Waals surface area contributed by atoms with Gasteiger partial charge in [-0.1, -0.05) is 23.7 Å². The molecule has 0 spiro atoms. The van der Waals surface area contributed by atoms with Gasteiger partial charge < -0.3 is 19.5 Å². The number of halogens is 1. The maximum atomic E-state index is 12.7. The van der Waals surface area contributed by atoms with E-state index in [1.54, 1.807) is 63.2 Å². The number of nitrogens with zero attached hydrogens (tertiary/aromatic N) is 1. The molecule has 3 amide bonds. The number of esters is 1. The number of ether oxygens (including phenoxy) is 3. The second-order valence-corrected chi connectivity index (χ2v) is 9.22. The van der Waals surface area contributed by atoms with Gasteiger partial charge >= 0.3 is 5.97 Å². The van der Waals surface area contributed by atoms with Crippen LogP contribution in [0.5, 0.6) is 11.5 Å². The molecule has 1 aliphatic heterocycles. The second kappa shape index (κ2) is 12.5. The largest absolute Gasteiger partial charge is 0.490 e. The maximum absolute atomic E-state index is 12.7. The van der Waals surface area contributed by atoms with E-state index < -0.39 is 23.7 Å². The molecule has 1 saturated heterocycles. The average Bonchev–Trinajstić information content (AvgIpc) is 3.05. The summed E-state index contributed by atoms with van der Waals surface area (Å²) in [4.78, 5) is 50.1. The van der Waals surface area contributed by atoms with Gasteiger partial charge in [0.2, 0.25) is 0 Å². The monoisotopic (exact) mass is 532 g/mol. The van der Waals surface area contributed by atoms with E-state index in [1.165, 1.54) is 6.08 Å². The third kappa shape index (κ3) is 7.50. The van der Waals surface area contributed by atoms with Crippen LogP contribution < -0.4 is 14.8 Å². The minimum absolute atomic E-state index is 0.161. The second-order valence-electron chi connectivity index (χ2n) is 7.79. The van der Waals surface area contributed by atoms with Crippen LogP contribution in [0.15, 0.2) is 47.4 Å². The van der Waals surface area contributed by atoms with Crippen molar-refractivity contribution in [1.29, 1.82) is 0 Å². The van der Waals surface area contributed by atoms with Crippen LogP contribution in [0, 0.1) is 0 Å². The Balaban J connectivity index is 1.68. The average molecular weight is 533 g/mol. The number of amides is 3. The van der Waals surface area contributed by atoms with Crippen molar-refractivity contribution in [2.75, 3.05) is 25.1 Å². The van der Waals surface area contributed by atoms with Crippen molar-refractivity contribution >= 4 is 58.1 Å². The van der Waals surface area contributed by atoms with Gasteiger partial charge in [0.25, 0.3) is 17.1 Å². The van der Waals surface area contributed by atoms with E-state index >= 15 is 0 Å². The molecule has 1 fully saturated rings. The van der Waals surface area contributed by atoms with Gasteiger partial charge in [-0.05, 0) is 74.5 Å². The third-order valence-electron chi connectivity index (χ3n) is 4.56. The molecular weight excluding hydrogens is 508 g/mol. The van der Waals surface area contributed by atoms with E-state index in [0.717, 1.165) is 16.7 Å². The summed E-state index contributed by atoms with van der Waals surface area (Å²) in [5.41, 5.74) is 1.12. The van der Waals surface area contributed by atoms with Gasteiger partial charge in [-0.2, -0.15) is 0 Å². The van der Waals surface area contributed by atoms with Crippen LogP contribution >= 0.6 is 23.4 Å². The molecule has 1 aliphatic rings. The highest BCUT2D eigenvalue weighted by Crippen LogP contribution is 2.34. The number of hydrogen-bond donors (Lipinski definition) is 1. The first-order valence-corrected chi connectivity index (χ1v) is 12.3. The minimum atomic E-state index is -0.659. The van der Waals surface area contributed by atoms with Crippen molar-refractivity contribution in [3.63, 3.8) is 0 Å². The predicted molar refractivity (Wildman–Crippen MR) is 137 cm³/mol. The van der Waals surface area contributed by atoms with E-state index in [-0.39, 0.29) is 23.5 Å². The molecule has 11 heteroatoms. The van der Waals surface area contributed by atoms with Crippen molar-refractivity contribution in [1.82, 2.24) is 4.90 Å². The van der Waals surface area contributed by atoms with Crippen molar-refractivity contribution in [3.8, 4) is 11.5 Å². The molecule has 36 heavy (non-hydrogen) atoms. The molecule has 0 unspecified atom stereocenters. The summed E-state index contributed by atoms with van der Waals surface area (Å²) in [6, 6.07) is 11.6. The van der Waals surface area contributed by atoms with E-state index in [1.807, 2.05) is 0 Å². The van der Waals surface area contributed by atoms with E-state index in [2.05, 4.69) is 5.32 Å². The highest BCUT2D eigenvalue weighted by Gasteiger charge is 2.36. The van der Waals surface area contributed by atoms with Gasteiger partial charge in [0, 0.05) is 10.7 Å². The molecule has 0 aromatic heterocycles. The van der Waals surface area contributed by atoms with Crippen LogP contribution in [0.3, 0.4) is 0 Å². The lowest BCUT2D eigenvalue weighted by Crippen LogP contribution is -2.35. The summed E-state index contributed by atoms with van der Waals surface area (Å²) in [5.74, 6) is -0.926. The molecule has 0 bridgehead atoms. The Morgan fingerprint density at radius 3 is 2.58 bits per heavy atom. The summed E-state index contributed by atoms with van der Waals surface area (Å²) >= 11 is 6.66. The number of carbonyl (C=O) groups excluding carboxylic acids is 4. The van der Waals surface area contributed by atoms with Crippen LogP contribution in [0.25, 0.3) is 6.08 Å². The quantitative estimate of drug-likeness (QED) is 0.345. The number of imide groups is 1. The van der Waals surface area contributed by atoms with E-state index in [4.69, 9.17) is 25.8 Å². The van der Waals surface area contributed by atoms with Gasteiger partial charge in [-0.15, -0.1) is 0 Å². The number of benzene rings is 2. The Hall–Kier alpha value is -3.50. The predicted octanol–water partition coefficient (Wildman–Crippen LogP) is 4.74. The van der Waals surface area contributed by atoms with Gasteiger partial charge in [-0.25, -0.2) is 0 Å². The lowest BCUT2D eigenvalue weighted by atomic mass is 10.2. The molecule has 1 N–H and O–H groups in total. The zero-order valence-corrected chi connectivity index (χ0v) is 21.5. The molecule has 9 nitrogen and oxygen atoms in total. The molecule has 190 valence electrons. The van der Waals surface area contributed by atoms with Crippen molar-refractivity contribution < 1.29 is 33.4 Å². The number of nitrogens with one attached hydrogen (secondary N) is 1. The first-order chi connectivity index (χ1) is 17.2. The van der Waals surface area contributed by atoms with Crippen molar-refractivity contribution in [3.05, 3.63) is 58.0 Å². The lowest BCUT2D eigenvalue weighted by Gasteiger charge is -2.13. The summed E-state index contributed by atoms with van der Waals surface area (Å²) in [7, 11) is 0. The minimum Gasteiger partial charge on any atom is -0.490 e. The summed E-state index contributed by atoms with van der Waals surface area (Å²) in [6.45, 7) is 4.78. The number of carbonyl (C=O) groups is 4. The van der Waals surface area contributed by atoms with Gasteiger partial charge in [0.1, 0.15) is 6.54 Å². The van der Waals surface area contributed by atoms with Crippen LogP contribution in [-0.2, 0) is 19.1 Å². The Labute approximate surface area is 217 Å². The highest BCUT2D eigenvalue weighted by molar-refractivity contribution is 8.18. The first-order valence-electron chi connectivity index (χ1n) is 11.1. The zero-order valence-electron chi connectivity index (χ0n) is 19.9. The van der Waals surface area contributed by atoms with Crippen molar-refractivity contribution in [2.45, 2.75) is 26.9 Å².